The second-order valence-corrected chi connectivity index (χ2v) is 11.3. The van der Waals surface area contributed by atoms with Crippen molar-refractivity contribution in [2.75, 3.05) is 13.7 Å². The first-order chi connectivity index (χ1) is 17.7. The lowest BCUT2D eigenvalue weighted by Gasteiger charge is -2.28. The van der Waals surface area contributed by atoms with Crippen molar-refractivity contribution in [3.63, 3.8) is 0 Å². The highest BCUT2D eigenvalue weighted by molar-refractivity contribution is 7.90. The number of aromatic nitrogens is 2. The first kappa shape index (κ1) is 26.8. The van der Waals surface area contributed by atoms with Crippen molar-refractivity contribution < 1.29 is 27.1 Å². The topological polar surface area (TPSA) is 90.7 Å². The van der Waals surface area contributed by atoms with Crippen LogP contribution in [0.15, 0.2) is 59.9 Å². The third-order valence-electron chi connectivity index (χ3n) is 6.45. The fraction of sp³-hybridized carbons (Fsp3) is 0.407. The molecule has 3 aromatic rings. The molecule has 37 heavy (non-hydrogen) atoms. The molecule has 198 valence electrons. The van der Waals surface area contributed by atoms with Crippen LogP contribution in [0, 0.1) is 5.82 Å². The molecule has 1 atom stereocenters. The van der Waals surface area contributed by atoms with Gasteiger partial charge >= 0.3 is 0 Å². The number of nitrogens with zero attached hydrogens (tertiary/aromatic N) is 3. The summed E-state index contributed by atoms with van der Waals surface area (Å²) >= 11 is 0. The normalized spacial score (nSPS) is 15.8. The summed E-state index contributed by atoms with van der Waals surface area (Å²) in [5.41, 5.74) is 1.14. The van der Waals surface area contributed by atoms with Gasteiger partial charge in [0.2, 0.25) is 15.0 Å². The molecule has 1 saturated heterocycles. The lowest BCUT2D eigenvalue weighted by molar-refractivity contribution is 0.0678. The number of carbonyl (C=O) groups is 1. The standard InChI is InChI=1S/C27H32FN3O5S/c1-19(2)30(26(32)20-10-12-23(35-3)13-11-20)16-22-15-29-27(31(22)17-24-8-6-14-36-24)37(33,34)18-21-7-4-5-9-25(21)28/h4-5,7,9-13,15,19,24H,6,8,14,16-18H2,1-3H3/t24-/m1/s1. The van der Waals surface area contributed by atoms with Crippen molar-refractivity contribution >= 4 is 15.7 Å². The Bertz CT molecular complexity index is 1330. The second-order valence-electron chi connectivity index (χ2n) is 9.38. The smallest absolute Gasteiger partial charge is 0.254 e. The van der Waals surface area contributed by atoms with E-state index in [0.29, 0.717) is 23.6 Å². The minimum atomic E-state index is -3.98. The molecule has 0 spiro atoms. The molecule has 4 rings (SSSR count). The van der Waals surface area contributed by atoms with Crippen LogP contribution >= 0.6 is 0 Å². The van der Waals surface area contributed by atoms with Gasteiger partial charge in [-0.3, -0.25) is 4.79 Å². The summed E-state index contributed by atoms with van der Waals surface area (Å²) < 4.78 is 53.7. The zero-order valence-electron chi connectivity index (χ0n) is 21.3. The number of benzene rings is 2. The predicted octanol–water partition coefficient (Wildman–Crippen LogP) is 4.23. The quantitative estimate of drug-likeness (QED) is 0.390. The van der Waals surface area contributed by atoms with Crippen LogP contribution in [-0.2, 0) is 33.4 Å². The molecule has 0 N–H and O–H groups in total. The number of methoxy groups -OCH3 is 1. The molecular formula is C27H32FN3O5S. The number of carbonyl (C=O) groups excluding carboxylic acids is 1. The maximum atomic E-state index is 14.3. The number of rotatable bonds is 10. The lowest BCUT2D eigenvalue weighted by atomic mass is 10.1. The maximum absolute atomic E-state index is 14.3. The summed E-state index contributed by atoms with van der Waals surface area (Å²) in [5.74, 6) is -0.648. The third kappa shape index (κ3) is 6.19. The van der Waals surface area contributed by atoms with Gasteiger partial charge in [-0.1, -0.05) is 18.2 Å². The van der Waals surface area contributed by atoms with Gasteiger partial charge < -0.3 is 18.9 Å². The van der Waals surface area contributed by atoms with Crippen LogP contribution in [0.2, 0.25) is 0 Å². The van der Waals surface area contributed by atoms with Gasteiger partial charge in [-0.2, -0.15) is 0 Å². The first-order valence-corrected chi connectivity index (χ1v) is 13.9. The van der Waals surface area contributed by atoms with Gasteiger partial charge in [-0.15, -0.1) is 0 Å². The summed E-state index contributed by atoms with van der Waals surface area (Å²) in [6, 6.07) is 12.5. The van der Waals surface area contributed by atoms with E-state index >= 15 is 0 Å². The van der Waals surface area contributed by atoms with E-state index in [1.165, 1.54) is 24.4 Å². The molecule has 1 amide bonds. The Morgan fingerprint density at radius 2 is 1.95 bits per heavy atom. The molecule has 1 aliphatic rings. The number of imidazole rings is 1. The average molecular weight is 530 g/mol. The van der Waals surface area contributed by atoms with Crippen LogP contribution in [0.4, 0.5) is 4.39 Å². The van der Waals surface area contributed by atoms with Gasteiger partial charge in [0.05, 0.1) is 43.9 Å². The SMILES string of the molecule is COc1ccc(C(=O)N(Cc2cnc(S(=O)(=O)Cc3ccccc3F)n2C[C@H]2CCCO2)C(C)C)cc1. The van der Waals surface area contributed by atoms with Crippen molar-refractivity contribution in [2.45, 2.75) is 62.8 Å². The zero-order valence-corrected chi connectivity index (χ0v) is 22.1. The van der Waals surface area contributed by atoms with E-state index in [1.54, 1.807) is 46.9 Å². The third-order valence-corrected chi connectivity index (χ3v) is 8.02. The molecule has 0 saturated carbocycles. The van der Waals surface area contributed by atoms with Gasteiger partial charge in [0.25, 0.3) is 5.91 Å². The van der Waals surface area contributed by atoms with Gasteiger partial charge in [0.1, 0.15) is 11.6 Å². The Morgan fingerprint density at radius 3 is 2.57 bits per heavy atom. The van der Waals surface area contributed by atoms with E-state index in [0.717, 1.165) is 12.8 Å². The average Bonchev–Trinajstić information content (AvgIpc) is 3.54. The fourth-order valence-electron chi connectivity index (χ4n) is 4.40. The summed E-state index contributed by atoms with van der Waals surface area (Å²) in [6.07, 6.45) is 3.00. The number of halogens is 1. The van der Waals surface area contributed by atoms with Crippen molar-refractivity contribution in [1.82, 2.24) is 14.5 Å². The molecule has 8 nitrogen and oxygen atoms in total. The molecule has 2 heterocycles. The Balaban J connectivity index is 1.67. The van der Waals surface area contributed by atoms with Crippen LogP contribution in [0.25, 0.3) is 0 Å². The minimum Gasteiger partial charge on any atom is -0.497 e. The van der Waals surface area contributed by atoms with Crippen molar-refractivity contribution in [2.24, 2.45) is 0 Å². The molecule has 0 unspecified atom stereocenters. The maximum Gasteiger partial charge on any atom is 0.254 e. The van der Waals surface area contributed by atoms with Gasteiger partial charge in [0, 0.05) is 23.8 Å². The minimum absolute atomic E-state index is 0.0780. The van der Waals surface area contributed by atoms with Crippen molar-refractivity contribution in [3.8, 4) is 5.75 Å². The number of amides is 1. The molecule has 1 aliphatic heterocycles. The van der Waals surface area contributed by atoms with E-state index in [-0.39, 0.29) is 41.9 Å². The molecule has 0 bridgehead atoms. The highest BCUT2D eigenvalue weighted by atomic mass is 32.2. The molecule has 0 radical (unpaired) electrons. The first-order valence-electron chi connectivity index (χ1n) is 12.3. The van der Waals surface area contributed by atoms with Crippen LogP contribution < -0.4 is 4.74 Å². The summed E-state index contributed by atoms with van der Waals surface area (Å²) in [7, 11) is -2.42. The fourth-order valence-corrected chi connectivity index (χ4v) is 5.91. The van der Waals surface area contributed by atoms with Gasteiger partial charge in [0.15, 0.2) is 0 Å². The van der Waals surface area contributed by atoms with E-state index in [9.17, 15) is 17.6 Å². The molecule has 2 aromatic carbocycles. The summed E-state index contributed by atoms with van der Waals surface area (Å²) in [4.78, 5) is 19.3. The number of sulfone groups is 1. The van der Waals surface area contributed by atoms with Crippen LogP contribution in [0.5, 0.6) is 5.75 Å². The Morgan fingerprint density at radius 1 is 1.22 bits per heavy atom. The monoisotopic (exact) mass is 529 g/mol. The highest BCUT2D eigenvalue weighted by Crippen LogP contribution is 2.24. The largest absolute Gasteiger partial charge is 0.497 e. The van der Waals surface area contributed by atoms with E-state index < -0.39 is 21.4 Å². The van der Waals surface area contributed by atoms with Crippen molar-refractivity contribution in [1.29, 1.82) is 0 Å². The number of hydrogen-bond donors (Lipinski definition) is 0. The van der Waals surface area contributed by atoms with Crippen LogP contribution in [-0.4, -0.2) is 54.6 Å². The molecule has 1 fully saturated rings. The summed E-state index contributed by atoms with van der Waals surface area (Å²) in [6.45, 7) is 4.84. The van der Waals surface area contributed by atoms with Crippen LogP contribution in [0.1, 0.15) is 48.3 Å². The molecule has 10 heteroatoms. The van der Waals surface area contributed by atoms with E-state index in [4.69, 9.17) is 9.47 Å². The van der Waals surface area contributed by atoms with E-state index in [1.807, 2.05) is 13.8 Å². The van der Waals surface area contributed by atoms with Crippen molar-refractivity contribution in [3.05, 3.63) is 77.4 Å². The molecule has 0 aliphatic carbocycles. The number of ether oxygens (including phenoxy) is 2. The summed E-state index contributed by atoms with van der Waals surface area (Å²) in [5, 5.41) is -0.151. The second kappa shape index (κ2) is 11.4. The Kier molecular flexibility index (Phi) is 8.29. The molecule has 1 aromatic heterocycles. The van der Waals surface area contributed by atoms with E-state index in [2.05, 4.69) is 4.98 Å². The lowest BCUT2D eigenvalue weighted by Crippen LogP contribution is -2.37. The zero-order chi connectivity index (χ0) is 26.6. The van der Waals surface area contributed by atoms with Crippen LogP contribution in [0.3, 0.4) is 0 Å². The number of hydrogen-bond acceptors (Lipinski definition) is 6. The van der Waals surface area contributed by atoms with Gasteiger partial charge in [-0.05, 0) is 57.0 Å². The Hall–Kier alpha value is -3.24. The highest BCUT2D eigenvalue weighted by Gasteiger charge is 2.29. The predicted molar refractivity (Wildman–Crippen MR) is 136 cm³/mol. The molecular weight excluding hydrogens is 497 g/mol. The Labute approximate surface area is 216 Å². The van der Waals surface area contributed by atoms with Gasteiger partial charge in [-0.25, -0.2) is 17.8 Å².